The summed E-state index contributed by atoms with van der Waals surface area (Å²) >= 11 is 1.68. The molecular weight excluding hydrogens is 265 g/mol. The van der Waals surface area contributed by atoms with Crippen LogP contribution in [0.4, 0.5) is 4.79 Å². The Morgan fingerprint density at radius 3 is 2.36 bits per heavy atom. The minimum absolute atomic E-state index is 0.204. The fourth-order valence-corrected chi connectivity index (χ4v) is 0.375. The molecule has 0 aromatic carbocycles. The van der Waals surface area contributed by atoms with Crippen molar-refractivity contribution in [3.8, 4) is 0 Å². The maximum Gasteiger partial charge on any atom is 0.407 e. The predicted octanol–water partition coefficient (Wildman–Crippen LogP) is 0.531. The van der Waals surface area contributed by atoms with Gasteiger partial charge in [0.2, 0.25) is 6.79 Å². The Bertz CT molecular complexity index is 191. The molecule has 0 fully saturated rings. The van der Waals surface area contributed by atoms with E-state index in [0.29, 0.717) is 0 Å². The molecule has 0 radical (unpaired) electrons. The monoisotopic (exact) mass is 271 g/mol. The Hall–Kier alpha value is -0.790. The van der Waals surface area contributed by atoms with E-state index in [4.69, 9.17) is 0 Å². The van der Waals surface area contributed by atoms with Crippen molar-refractivity contribution in [1.29, 1.82) is 0 Å². The van der Waals surface area contributed by atoms with E-state index >= 15 is 0 Å². The first-order valence-electron chi connectivity index (χ1n) is 2.48. The minimum atomic E-state index is -0.989. The fourth-order valence-electron chi connectivity index (χ4n) is 0.219. The second kappa shape index (κ2) is 4.94. The lowest BCUT2D eigenvalue weighted by atomic mass is 10.7. The van der Waals surface area contributed by atoms with Crippen LogP contribution in [0.5, 0.6) is 0 Å². The van der Waals surface area contributed by atoms with Crippen LogP contribution in [0.25, 0.3) is 0 Å². The van der Waals surface area contributed by atoms with Crippen LogP contribution in [0.15, 0.2) is 10.2 Å². The second-order valence-corrected chi connectivity index (χ2v) is 2.72. The highest BCUT2D eigenvalue weighted by Crippen LogP contribution is 2.03. The van der Waals surface area contributed by atoms with Gasteiger partial charge in [0.05, 0.1) is 3.58 Å². The number of carbonyl (C=O) groups excluding carboxylic acids is 2. The molecule has 0 unspecified atom stereocenters. The van der Waals surface area contributed by atoms with Crippen molar-refractivity contribution in [2.45, 2.75) is 0 Å². The third kappa shape index (κ3) is 5.64. The molecule has 2 N–H and O–H groups in total. The first kappa shape index (κ1) is 10.2. The largest absolute Gasteiger partial charge is 0.424 e. The van der Waals surface area contributed by atoms with E-state index in [0.717, 1.165) is 0 Å². The number of esters is 1. The topological polar surface area (TPSA) is 78.6 Å². The van der Waals surface area contributed by atoms with Crippen LogP contribution in [0.3, 0.4) is 0 Å². The summed E-state index contributed by atoms with van der Waals surface area (Å²) in [4.78, 5) is 20.5. The normalized spacial score (nSPS) is 8.45. The number of rotatable bonds is 3. The van der Waals surface area contributed by atoms with Crippen LogP contribution in [-0.2, 0) is 14.3 Å². The Balaban J connectivity index is 3.47. The van der Waals surface area contributed by atoms with E-state index < -0.39 is 18.9 Å². The molecule has 0 heterocycles. The van der Waals surface area contributed by atoms with Crippen molar-refractivity contribution in [3.05, 3.63) is 10.2 Å². The predicted molar refractivity (Wildman–Crippen MR) is 44.8 cm³/mol. The zero-order valence-electron chi connectivity index (χ0n) is 5.50. The lowest BCUT2D eigenvalue weighted by Gasteiger charge is -2.01. The van der Waals surface area contributed by atoms with Gasteiger partial charge in [0.25, 0.3) is 0 Å². The van der Waals surface area contributed by atoms with Gasteiger partial charge in [-0.25, -0.2) is 9.59 Å². The number of halogens is 1. The Morgan fingerprint density at radius 1 is 1.45 bits per heavy atom. The summed E-state index contributed by atoms with van der Waals surface area (Å²) in [6.45, 7) is 2.82. The molecule has 0 aromatic rings. The van der Waals surface area contributed by atoms with Crippen LogP contribution in [0, 0.1) is 0 Å². The van der Waals surface area contributed by atoms with E-state index in [-0.39, 0.29) is 3.58 Å². The number of carbonyl (C=O) groups is 2. The SMILES string of the molecule is C=C(I)C(=O)OCOC(N)=O. The summed E-state index contributed by atoms with van der Waals surface area (Å²) in [6, 6.07) is 0. The number of hydrogen-bond donors (Lipinski definition) is 1. The summed E-state index contributed by atoms with van der Waals surface area (Å²) < 4.78 is 8.66. The Labute approximate surface area is 76.7 Å². The Morgan fingerprint density at radius 2 is 2.00 bits per heavy atom. The smallest absolute Gasteiger partial charge is 0.407 e. The van der Waals surface area contributed by atoms with Crippen LogP contribution >= 0.6 is 22.6 Å². The highest BCUT2D eigenvalue weighted by atomic mass is 127. The quantitative estimate of drug-likeness (QED) is 0.351. The van der Waals surface area contributed by atoms with Crippen molar-refractivity contribution in [2.24, 2.45) is 5.73 Å². The van der Waals surface area contributed by atoms with Crippen molar-refractivity contribution < 1.29 is 19.1 Å². The number of ether oxygens (including phenoxy) is 2. The molecule has 0 aliphatic heterocycles. The van der Waals surface area contributed by atoms with Crippen molar-refractivity contribution in [3.63, 3.8) is 0 Å². The van der Waals surface area contributed by atoms with Gasteiger partial charge in [-0.3, -0.25) is 0 Å². The summed E-state index contributed by atoms with van der Waals surface area (Å²) in [5.74, 6) is -0.633. The van der Waals surface area contributed by atoms with Crippen molar-refractivity contribution in [1.82, 2.24) is 0 Å². The van der Waals surface area contributed by atoms with Gasteiger partial charge in [-0.05, 0) is 22.6 Å². The first-order valence-corrected chi connectivity index (χ1v) is 3.55. The number of nitrogens with two attached hydrogens (primary N) is 1. The lowest BCUT2D eigenvalue weighted by Crippen LogP contribution is -2.17. The van der Waals surface area contributed by atoms with Crippen LogP contribution < -0.4 is 5.73 Å². The summed E-state index contributed by atoms with van der Waals surface area (Å²) in [5.41, 5.74) is 4.58. The van der Waals surface area contributed by atoms with Gasteiger partial charge < -0.3 is 15.2 Å². The molecule has 0 saturated carbocycles. The molecule has 0 aliphatic rings. The van der Waals surface area contributed by atoms with E-state index in [1.165, 1.54) is 0 Å². The number of hydrogen-bond acceptors (Lipinski definition) is 4. The number of amides is 1. The second-order valence-electron chi connectivity index (χ2n) is 1.42. The molecule has 0 atom stereocenters. The maximum absolute atomic E-state index is 10.6. The fraction of sp³-hybridized carbons (Fsp3) is 0.200. The molecule has 0 saturated heterocycles. The van der Waals surface area contributed by atoms with Gasteiger partial charge in [-0.2, -0.15) is 0 Å². The molecule has 1 amide bonds. The van der Waals surface area contributed by atoms with Gasteiger partial charge in [-0.15, -0.1) is 0 Å². The molecule has 11 heavy (non-hydrogen) atoms. The maximum atomic E-state index is 10.6. The van der Waals surface area contributed by atoms with Crippen molar-refractivity contribution >= 4 is 34.7 Å². The average molecular weight is 271 g/mol. The van der Waals surface area contributed by atoms with Gasteiger partial charge >= 0.3 is 12.1 Å². The molecular formula is C5H6INO4. The highest BCUT2D eigenvalue weighted by molar-refractivity contribution is 14.1. The summed E-state index contributed by atoms with van der Waals surface area (Å²) in [5, 5.41) is 0. The average Bonchev–Trinajstić information content (AvgIpc) is 1.86. The van der Waals surface area contributed by atoms with E-state index in [1.54, 1.807) is 22.6 Å². The molecule has 0 aromatic heterocycles. The zero-order valence-corrected chi connectivity index (χ0v) is 7.66. The molecule has 0 aliphatic carbocycles. The standard InChI is InChI=1S/C5H6INO4/c1-3(6)4(8)10-2-11-5(7)9/h1-2H2,(H2,7,9). The Kier molecular flexibility index (Phi) is 4.59. The van der Waals surface area contributed by atoms with E-state index in [2.05, 4.69) is 21.8 Å². The molecule has 5 nitrogen and oxygen atoms in total. The number of primary amides is 1. The van der Waals surface area contributed by atoms with Crippen LogP contribution in [-0.4, -0.2) is 18.9 Å². The molecule has 6 heteroatoms. The van der Waals surface area contributed by atoms with Crippen LogP contribution in [0.1, 0.15) is 0 Å². The summed E-state index contributed by atoms with van der Waals surface area (Å²) in [7, 11) is 0. The van der Waals surface area contributed by atoms with Crippen molar-refractivity contribution in [2.75, 3.05) is 6.79 Å². The van der Waals surface area contributed by atoms with Gasteiger partial charge in [0, 0.05) is 0 Å². The van der Waals surface area contributed by atoms with E-state index in [1.807, 2.05) is 0 Å². The van der Waals surface area contributed by atoms with Gasteiger partial charge in [0.1, 0.15) is 0 Å². The molecule has 0 spiro atoms. The highest BCUT2D eigenvalue weighted by Gasteiger charge is 2.04. The van der Waals surface area contributed by atoms with Gasteiger partial charge in [-0.1, -0.05) is 6.58 Å². The molecule has 0 bridgehead atoms. The summed E-state index contributed by atoms with van der Waals surface area (Å²) in [6.07, 6.45) is -0.989. The third-order valence-electron chi connectivity index (χ3n) is 0.613. The molecule has 62 valence electrons. The lowest BCUT2D eigenvalue weighted by molar-refractivity contribution is -0.145. The van der Waals surface area contributed by atoms with E-state index in [9.17, 15) is 9.59 Å². The minimum Gasteiger partial charge on any atom is -0.424 e. The molecule has 0 rings (SSSR count). The zero-order chi connectivity index (χ0) is 8.85. The van der Waals surface area contributed by atoms with Crippen LogP contribution in [0.2, 0.25) is 0 Å². The third-order valence-corrected chi connectivity index (χ3v) is 1.05. The first-order chi connectivity index (χ1) is 5.04. The van der Waals surface area contributed by atoms with Gasteiger partial charge in [0.15, 0.2) is 0 Å².